The first-order chi connectivity index (χ1) is 8.16. The van der Waals surface area contributed by atoms with Gasteiger partial charge in [0.1, 0.15) is 0 Å². The molecule has 0 fully saturated rings. The molecule has 0 saturated carbocycles. The molecule has 88 valence electrons. The molecule has 0 bridgehead atoms. The molecule has 0 aliphatic heterocycles. The predicted octanol–water partition coefficient (Wildman–Crippen LogP) is 3.40. The second kappa shape index (κ2) is 5.43. The summed E-state index contributed by atoms with van der Waals surface area (Å²) in [4.78, 5) is 4.14. The van der Waals surface area contributed by atoms with E-state index in [1.807, 2.05) is 24.4 Å². The van der Waals surface area contributed by atoms with Crippen LogP contribution in [0.1, 0.15) is 22.7 Å². The number of aryl methyl sites for hydroxylation is 1. The second-order valence-corrected chi connectivity index (χ2v) is 5.09. The molecular formula is C14H15BrN2. The van der Waals surface area contributed by atoms with Crippen molar-refractivity contribution in [1.82, 2.24) is 4.98 Å². The molecule has 17 heavy (non-hydrogen) atoms. The van der Waals surface area contributed by atoms with Crippen LogP contribution in [0.5, 0.6) is 0 Å². The highest BCUT2D eigenvalue weighted by Crippen LogP contribution is 2.20. The summed E-state index contributed by atoms with van der Waals surface area (Å²) in [7, 11) is 0. The number of nitrogens with zero attached hydrogens (tertiary/aromatic N) is 1. The summed E-state index contributed by atoms with van der Waals surface area (Å²) >= 11 is 3.47. The zero-order valence-corrected chi connectivity index (χ0v) is 11.3. The summed E-state index contributed by atoms with van der Waals surface area (Å²) in [6, 6.07) is 10.2. The molecule has 1 aromatic carbocycles. The first-order valence-corrected chi connectivity index (χ1v) is 6.36. The lowest BCUT2D eigenvalue weighted by Gasteiger charge is -2.14. The third-order valence-electron chi connectivity index (χ3n) is 2.82. The Balaban J connectivity index is 2.17. The quantitative estimate of drug-likeness (QED) is 0.941. The fourth-order valence-electron chi connectivity index (χ4n) is 1.89. The maximum absolute atomic E-state index is 6.22. The summed E-state index contributed by atoms with van der Waals surface area (Å²) in [5.41, 5.74) is 9.77. The van der Waals surface area contributed by atoms with Crippen LogP contribution in [0, 0.1) is 6.92 Å². The average Bonchev–Trinajstić information content (AvgIpc) is 2.29. The maximum Gasteiger partial charge on any atom is 0.0353 e. The number of aromatic nitrogens is 1. The summed E-state index contributed by atoms with van der Waals surface area (Å²) < 4.78 is 1.09. The molecular weight excluding hydrogens is 276 g/mol. The fraction of sp³-hybridized carbons (Fsp3) is 0.214. The van der Waals surface area contributed by atoms with E-state index in [2.05, 4.69) is 40.0 Å². The van der Waals surface area contributed by atoms with Crippen LogP contribution in [0.25, 0.3) is 0 Å². The number of nitrogens with two attached hydrogens (primary N) is 1. The second-order valence-electron chi connectivity index (χ2n) is 4.17. The van der Waals surface area contributed by atoms with Crippen molar-refractivity contribution in [2.75, 3.05) is 0 Å². The number of hydrogen-bond acceptors (Lipinski definition) is 2. The molecule has 0 radical (unpaired) electrons. The van der Waals surface area contributed by atoms with Crippen molar-refractivity contribution < 1.29 is 0 Å². The molecule has 1 unspecified atom stereocenters. The van der Waals surface area contributed by atoms with Gasteiger partial charge < -0.3 is 5.73 Å². The van der Waals surface area contributed by atoms with E-state index in [0.29, 0.717) is 0 Å². The van der Waals surface area contributed by atoms with Gasteiger partial charge in [0, 0.05) is 22.9 Å². The monoisotopic (exact) mass is 290 g/mol. The molecule has 2 aromatic rings. The Morgan fingerprint density at radius 2 is 2.18 bits per heavy atom. The normalized spacial score (nSPS) is 12.4. The third-order valence-corrected chi connectivity index (χ3v) is 3.32. The Labute approximate surface area is 110 Å². The molecule has 0 spiro atoms. The van der Waals surface area contributed by atoms with Crippen LogP contribution in [0.3, 0.4) is 0 Å². The van der Waals surface area contributed by atoms with Gasteiger partial charge in [0.25, 0.3) is 0 Å². The van der Waals surface area contributed by atoms with Gasteiger partial charge in [0.15, 0.2) is 0 Å². The molecule has 1 heterocycles. The SMILES string of the molecule is Cc1ccncc1C(N)Cc1cccc(Br)c1. The molecule has 0 saturated heterocycles. The van der Waals surface area contributed by atoms with Crippen molar-refractivity contribution in [1.29, 1.82) is 0 Å². The van der Waals surface area contributed by atoms with Gasteiger partial charge in [-0.3, -0.25) is 4.98 Å². The molecule has 0 aliphatic carbocycles. The van der Waals surface area contributed by atoms with Gasteiger partial charge in [-0.2, -0.15) is 0 Å². The standard InChI is InChI=1S/C14H15BrN2/c1-10-5-6-17-9-13(10)14(16)8-11-3-2-4-12(15)7-11/h2-7,9,14H,8,16H2,1H3. The van der Waals surface area contributed by atoms with Gasteiger partial charge in [-0.05, 0) is 48.2 Å². The van der Waals surface area contributed by atoms with E-state index < -0.39 is 0 Å². The lowest BCUT2D eigenvalue weighted by Crippen LogP contribution is -2.14. The number of hydrogen-bond donors (Lipinski definition) is 1. The van der Waals surface area contributed by atoms with E-state index in [1.54, 1.807) is 6.20 Å². The lowest BCUT2D eigenvalue weighted by molar-refractivity contribution is 0.712. The van der Waals surface area contributed by atoms with Gasteiger partial charge in [0.05, 0.1) is 0 Å². The van der Waals surface area contributed by atoms with Crippen LogP contribution in [-0.4, -0.2) is 4.98 Å². The Morgan fingerprint density at radius 1 is 1.35 bits per heavy atom. The van der Waals surface area contributed by atoms with Gasteiger partial charge in [-0.15, -0.1) is 0 Å². The molecule has 2 nitrogen and oxygen atoms in total. The molecule has 0 aliphatic rings. The van der Waals surface area contributed by atoms with Crippen LogP contribution >= 0.6 is 15.9 Å². The lowest BCUT2D eigenvalue weighted by atomic mass is 9.98. The van der Waals surface area contributed by atoms with E-state index in [9.17, 15) is 0 Å². The zero-order valence-electron chi connectivity index (χ0n) is 9.73. The largest absolute Gasteiger partial charge is 0.324 e. The summed E-state index contributed by atoms with van der Waals surface area (Å²) in [6.07, 6.45) is 4.48. The van der Waals surface area contributed by atoms with Crippen molar-refractivity contribution in [3.63, 3.8) is 0 Å². The number of pyridine rings is 1. The fourth-order valence-corrected chi connectivity index (χ4v) is 2.34. The summed E-state index contributed by atoms with van der Waals surface area (Å²) in [6.45, 7) is 2.07. The van der Waals surface area contributed by atoms with Gasteiger partial charge in [0.2, 0.25) is 0 Å². The van der Waals surface area contributed by atoms with Crippen molar-refractivity contribution in [2.45, 2.75) is 19.4 Å². The van der Waals surface area contributed by atoms with E-state index in [0.717, 1.165) is 16.5 Å². The molecule has 1 atom stereocenters. The van der Waals surface area contributed by atoms with Crippen LogP contribution in [-0.2, 0) is 6.42 Å². The van der Waals surface area contributed by atoms with E-state index in [1.165, 1.54) is 11.1 Å². The smallest absolute Gasteiger partial charge is 0.0353 e. The predicted molar refractivity (Wildman–Crippen MR) is 73.7 cm³/mol. The minimum Gasteiger partial charge on any atom is -0.324 e. The van der Waals surface area contributed by atoms with Gasteiger partial charge in [-0.25, -0.2) is 0 Å². The van der Waals surface area contributed by atoms with Gasteiger partial charge >= 0.3 is 0 Å². The molecule has 3 heteroatoms. The molecule has 0 amide bonds. The highest BCUT2D eigenvalue weighted by atomic mass is 79.9. The Hall–Kier alpha value is -1.19. The van der Waals surface area contributed by atoms with E-state index >= 15 is 0 Å². The van der Waals surface area contributed by atoms with E-state index in [4.69, 9.17) is 5.73 Å². The highest BCUT2D eigenvalue weighted by molar-refractivity contribution is 9.10. The van der Waals surface area contributed by atoms with Crippen molar-refractivity contribution in [3.05, 3.63) is 63.9 Å². The number of benzene rings is 1. The number of halogens is 1. The molecule has 2 rings (SSSR count). The van der Waals surface area contributed by atoms with Crippen LogP contribution in [0.4, 0.5) is 0 Å². The minimum absolute atomic E-state index is 0.00185. The first-order valence-electron chi connectivity index (χ1n) is 5.57. The highest BCUT2D eigenvalue weighted by Gasteiger charge is 2.09. The van der Waals surface area contributed by atoms with Crippen molar-refractivity contribution in [2.24, 2.45) is 5.73 Å². The van der Waals surface area contributed by atoms with Crippen LogP contribution in [0.2, 0.25) is 0 Å². The van der Waals surface area contributed by atoms with Crippen LogP contribution in [0.15, 0.2) is 47.2 Å². The van der Waals surface area contributed by atoms with Crippen molar-refractivity contribution >= 4 is 15.9 Å². The Kier molecular flexibility index (Phi) is 3.92. The van der Waals surface area contributed by atoms with Gasteiger partial charge in [-0.1, -0.05) is 28.1 Å². The summed E-state index contributed by atoms with van der Waals surface area (Å²) in [5.74, 6) is 0. The maximum atomic E-state index is 6.22. The first kappa shape index (κ1) is 12.3. The Morgan fingerprint density at radius 3 is 2.88 bits per heavy atom. The Bertz CT molecular complexity index is 511. The average molecular weight is 291 g/mol. The molecule has 1 aromatic heterocycles. The summed E-state index contributed by atoms with van der Waals surface area (Å²) in [5, 5.41) is 0. The minimum atomic E-state index is -0.00185. The number of rotatable bonds is 3. The van der Waals surface area contributed by atoms with E-state index in [-0.39, 0.29) is 6.04 Å². The topological polar surface area (TPSA) is 38.9 Å². The third kappa shape index (κ3) is 3.14. The van der Waals surface area contributed by atoms with Crippen LogP contribution < -0.4 is 5.73 Å². The zero-order chi connectivity index (χ0) is 12.3. The molecule has 2 N–H and O–H groups in total. The van der Waals surface area contributed by atoms with Crippen molar-refractivity contribution in [3.8, 4) is 0 Å².